The molecule has 0 spiro atoms. The van der Waals surface area contributed by atoms with Crippen LogP contribution >= 0.6 is 11.8 Å². The summed E-state index contributed by atoms with van der Waals surface area (Å²) in [6, 6.07) is 0.625. The number of anilines is 1. The summed E-state index contributed by atoms with van der Waals surface area (Å²) in [4.78, 5) is 2.37. The maximum absolute atomic E-state index is 5.61. The van der Waals surface area contributed by atoms with Crippen LogP contribution in [0.4, 0.5) is 5.69 Å². The lowest BCUT2D eigenvalue weighted by atomic mass is 10.2. The third-order valence-corrected chi connectivity index (χ3v) is 3.47. The zero-order chi connectivity index (χ0) is 12.0. The van der Waals surface area contributed by atoms with Crippen LogP contribution in [0.5, 0.6) is 0 Å². The SMILES string of the molecule is CSCCC(C)N(C)CCn1cc(N)cn1. The van der Waals surface area contributed by atoms with Crippen LogP contribution in [-0.4, -0.2) is 46.3 Å². The fourth-order valence-corrected chi connectivity index (χ4v) is 2.07. The van der Waals surface area contributed by atoms with Gasteiger partial charge in [0.15, 0.2) is 0 Å². The molecule has 0 aliphatic carbocycles. The van der Waals surface area contributed by atoms with Gasteiger partial charge in [-0.3, -0.25) is 4.68 Å². The fourth-order valence-electron chi connectivity index (χ4n) is 1.49. The highest BCUT2D eigenvalue weighted by atomic mass is 32.2. The molecule has 0 saturated heterocycles. The van der Waals surface area contributed by atoms with Gasteiger partial charge >= 0.3 is 0 Å². The Bertz CT molecular complexity index is 300. The van der Waals surface area contributed by atoms with Crippen LogP contribution in [0, 0.1) is 0 Å². The van der Waals surface area contributed by atoms with Crippen molar-refractivity contribution in [3.63, 3.8) is 0 Å². The van der Waals surface area contributed by atoms with E-state index < -0.39 is 0 Å². The molecule has 5 heteroatoms. The highest BCUT2D eigenvalue weighted by Crippen LogP contribution is 2.06. The smallest absolute Gasteiger partial charge is 0.0719 e. The lowest BCUT2D eigenvalue weighted by Gasteiger charge is -2.24. The molecule has 0 amide bonds. The average molecular weight is 242 g/mol. The van der Waals surface area contributed by atoms with E-state index in [0.29, 0.717) is 6.04 Å². The first-order chi connectivity index (χ1) is 7.63. The largest absolute Gasteiger partial charge is 0.396 e. The molecule has 1 rings (SSSR count). The Morgan fingerprint density at radius 1 is 1.62 bits per heavy atom. The van der Waals surface area contributed by atoms with Gasteiger partial charge < -0.3 is 10.6 Å². The van der Waals surface area contributed by atoms with Crippen molar-refractivity contribution in [2.75, 3.05) is 31.3 Å². The summed E-state index contributed by atoms with van der Waals surface area (Å²) >= 11 is 1.90. The standard InChI is InChI=1S/C11H22N4S/c1-10(4-7-16-3)14(2)5-6-15-9-11(12)8-13-15/h8-10H,4-7,12H2,1-3H3. The van der Waals surface area contributed by atoms with Crippen LogP contribution < -0.4 is 5.73 Å². The van der Waals surface area contributed by atoms with Crippen molar-refractivity contribution in [2.45, 2.75) is 25.9 Å². The summed E-state index contributed by atoms with van der Waals surface area (Å²) in [6.45, 7) is 4.18. The van der Waals surface area contributed by atoms with Crippen LogP contribution in [0.2, 0.25) is 0 Å². The van der Waals surface area contributed by atoms with E-state index in [1.54, 1.807) is 6.20 Å². The summed E-state index contributed by atoms with van der Waals surface area (Å²) in [6.07, 6.45) is 6.95. The van der Waals surface area contributed by atoms with E-state index >= 15 is 0 Å². The van der Waals surface area contributed by atoms with E-state index in [0.717, 1.165) is 18.8 Å². The van der Waals surface area contributed by atoms with Gasteiger partial charge in [-0.15, -0.1) is 0 Å². The van der Waals surface area contributed by atoms with Crippen molar-refractivity contribution in [3.05, 3.63) is 12.4 Å². The van der Waals surface area contributed by atoms with E-state index in [2.05, 4.69) is 30.2 Å². The molecule has 2 N–H and O–H groups in total. The van der Waals surface area contributed by atoms with Crippen LogP contribution in [-0.2, 0) is 6.54 Å². The highest BCUT2D eigenvalue weighted by Gasteiger charge is 2.08. The molecule has 0 aliphatic heterocycles. The molecule has 0 radical (unpaired) electrons. The Balaban J connectivity index is 2.26. The van der Waals surface area contributed by atoms with Gasteiger partial charge in [-0.05, 0) is 32.4 Å². The van der Waals surface area contributed by atoms with Gasteiger partial charge in [-0.25, -0.2) is 0 Å². The number of hydrogen-bond donors (Lipinski definition) is 1. The molecule has 0 aliphatic rings. The van der Waals surface area contributed by atoms with Crippen molar-refractivity contribution in [1.82, 2.24) is 14.7 Å². The number of rotatable bonds is 7. The van der Waals surface area contributed by atoms with Gasteiger partial charge in [0.05, 0.1) is 18.4 Å². The molecule has 4 nitrogen and oxygen atoms in total. The van der Waals surface area contributed by atoms with E-state index in [1.807, 2.05) is 22.6 Å². The minimum Gasteiger partial charge on any atom is -0.396 e. The Morgan fingerprint density at radius 2 is 2.38 bits per heavy atom. The minimum atomic E-state index is 0.625. The molecule has 1 aromatic heterocycles. The first-order valence-corrected chi connectivity index (χ1v) is 7.00. The van der Waals surface area contributed by atoms with Gasteiger partial charge in [0, 0.05) is 18.8 Å². The second-order valence-corrected chi connectivity index (χ2v) is 5.13. The summed E-state index contributed by atoms with van der Waals surface area (Å²) in [5.74, 6) is 1.22. The lowest BCUT2D eigenvalue weighted by molar-refractivity contribution is 0.240. The zero-order valence-electron chi connectivity index (χ0n) is 10.4. The Hall–Kier alpha value is -0.680. The predicted molar refractivity (Wildman–Crippen MR) is 71.7 cm³/mol. The summed E-state index contributed by atoms with van der Waals surface area (Å²) < 4.78 is 1.90. The molecule has 92 valence electrons. The molecule has 16 heavy (non-hydrogen) atoms. The molecule has 1 heterocycles. The second kappa shape index (κ2) is 6.81. The maximum Gasteiger partial charge on any atom is 0.0719 e. The molecule has 1 unspecified atom stereocenters. The molecule has 1 aromatic rings. The molecule has 0 bridgehead atoms. The average Bonchev–Trinajstić information content (AvgIpc) is 2.68. The lowest BCUT2D eigenvalue weighted by Crippen LogP contribution is -2.32. The van der Waals surface area contributed by atoms with Crippen LogP contribution in [0.3, 0.4) is 0 Å². The topological polar surface area (TPSA) is 47.1 Å². The van der Waals surface area contributed by atoms with E-state index in [-0.39, 0.29) is 0 Å². The summed E-state index contributed by atoms with van der Waals surface area (Å²) in [5.41, 5.74) is 6.35. The van der Waals surface area contributed by atoms with Crippen molar-refractivity contribution >= 4 is 17.4 Å². The van der Waals surface area contributed by atoms with Gasteiger partial charge in [0.1, 0.15) is 0 Å². The van der Waals surface area contributed by atoms with E-state index in [9.17, 15) is 0 Å². The monoisotopic (exact) mass is 242 g/mol. The first-order valence-electron chi connectivity index (χ1n) is 5.60. The number of nitrogens with two attached hydrogens (primary N) is 1. The van der Waals surface area contributed by atoms with Crippen molar-refractivity contribution in [2.24, 2.45) is 0 Å². The van der Waals surface area contributed by atoms with Crippen molar-refractivity contribution < 1.29 is 0 Å². The summed E-state index contributed by atoms with van der Waals surface area (Å²) in [7, 11) is 2.16. The molecular weight excluding hydrogens is 220 g/mol. The number of aromatic nitrogens is 2. The number of hydrogen-bond acceptors (Lipinski definition) is 4. The van der Waals surface area contributed by atoms with Gasteiger partial charge in [0.25, 0.3) is 0 Å². The maximum atomic E-state index is 5.61. The minimum absolute atomic E-state index is 0.625. The zero-order valence-corrected chi connectivity index (χ0v) is 11.2. The quantitative estimate of drug-likeness (QED) is 0.788. The van der Waals surface area contributed by atoms with Crippen LogP contribution in [0.1, 0.15) is 13.3 Å². The molecule has 0 fully saturated rings. The van der Waals surface area contributed by atoms with Crippen molar-refractivity contribution in [1.29, 1.82) is 0 Å². The van der Waals surface area contributed by atoms with Gasteiger partial charge in [0.2, 0.25) is 0 Å². The Morgan fingerprint density at radius 3 is 2.94 bits per heavy atom. The molecular formula is C11H22N4S. The fraction of sp³-hybridized carbons (Fsp3) is 0.727. The number of nitrogen functional groups attached to an aromatic ring is 1. The van der Waals surface area contributed by atoms with Gasteiger partial charge in [-0.1, -0.05) is 0 Å². The molecule has 0 aromatic carbocycles. The molecule has 0 saturated carbocycles. The van der Waals surface area contributed by atoms with Crippen LogP contribution in [0.15, 0.2) is 12.4 Å². The Labute approximate surface area is 102 Å². The normalized spacial score (nSPS) is 13.2. The van der Waals surface area contributed by atoms with E-state index in [1.165, 1.54) is 12.2 Å². The number of thioether (sulfide) groups is 1. The van der Waals surface area contributed by atoms with Crippen LogP contribution in [0.25, 0.3) is 0 Å². The van der Waals surface area contributed by atoms with Crippen molar-refractivity contribution in [3.8, 4) is 0 Å². The second-order valence-electron chi connectivity index (χ2n) is 4.15. The summed E-state index contributed by atoms with van der Waals surface area (Å²) in [5, 5.41) is 4.17. The van der Waals surface area contributed by atoms with E-state index in [4.69, 9.17) is 5.73 Å². The molecule has 1 atom stereocenters. The predicted octanol–water partition coefficient (Wildman–Crippen LogP) is 1.54. The first kappa shape index (κ1) is 13.4. The number of likely N-dealkylation sites (N-methyl/N-ethyl adjacent to an activating group) is 1. The third-order valence-electron chi connectivity index (χ3n) is 2.83. The van der Waals surface area contributed by atoms with Gasteiger partial charge in [-0.2, -0.15) is 16.9 Å². The highest BCUT2D eigenvalue weighted by molar-refractivity contribution is 7.98. The Kier molecular flexibility index (Phi) is 5.69. The third kappa shape index (κ3) is 4.45. The number of nitrogens with zero attached hydrogens (tertiary/aromatic N) is 3.